The number of carboxylic acid groups (broad SMARTS) is 1. The third-order valence-electron chi connectivity index (χ3n) is 3.53. The standard InChI is InChI=1S/C19H19N3O4S/c1-11(2)16(23)20-15-5-3-4-13(10-15)17(24)22-19(27)21-14-8-6-12(7-9-14)18(25)26/h3-11H,1-2H3,(H,20,23)(H,25,26)(H2,21,22,24,27). The van der Waals surface area contributed by atoms with E-state index in [1.54, 1.807) is 50.2 Å². The van der Waals surface area contributed by atoms with Crippen molar-refractivity contribution in [2.24, 2.45) is 5.92 Å². The maximum Gasteiger partial charge on any atom is 0.335 e. The Morgan fingerprint density at radius 3 is 2.19 bits per heavy atom. The van der Waals surface area contributed by atoms with Gasteiger partial charge in [0.1, 0.15) is 0 Å². The molecule has 2 aromatic rings. The Morgan fingerprint density at radius 2 is 1.59 bits per heavy atom. The van der Waals surface area contributed by atoms with Crippen molar-refractivity contribution in [2.75, 3.05) is 10.6 Å². The molecule has 0 spiro atoms. The molecule has 0 fully saturated rings. The maximum atomic E-state index is 12.3. The van der Waals surface area contributed by atoms with E-state index in [1.807, 2.05) is 0 Å². The van der Waals surface area contributed by atoms with Gasteiger partial charge in [0.25, 0.3) is 5.91 Å². The number of thiocarbonyl (C=S) groups is 1. The molecule has 0 atom stereocenters. The van der Waals surface area contributed by atoms with Gasteiger partial charge in [0.2, 0.25) is 5.91 Å². The first-order valence-electron chi connectivity index (χ1n) is 8.13. The summed E-state index contributed by atoms with van der Waals surface area (Å²) >= 11 is 5.10. The molecule has 27 heavy (non-hydrogen) atoms. The van der Waals surface area contributed by atoms with Crippen LogP contribution in [0.3, 0.4) is 0 Å². The molecule has 0 bridgehead atoms. The summed E-state index contributed by atoms with van der Waals surface area (Å²) in [6.45, 7) is 3.55. The van der Waals surface area contributed by atoms with E-state index in [2.05, 4.69) is 16.0 Å². The second-order valence-electron chi connectivity index (χ2n) is 6.02. The van der Waals surface area contributed by atoms with Crippen molar-refractivity contribution in [3.8, 4) is 0 Å². The number of rotatable bonds is 5. The average molecular weight is 385 g/mol. The normalized spacial score (nSPS) is 10.2. The Balaban J connectivity index is 1.98. The number of aromatic carboxylic acids is 1. The number of nitrogens with one attached hydrogen (secondary N) is 3. The zero-order valence-corrected chi connectivity index (χ0v) is 15.6. The van der Waals surface area contributed by atoms with Crippen LogP contribution in [0.15, 0.2) is 48.5 Å². The van der Waals surface area contributed by atoms with Crippen LogP contribution in [0.2, 0.25) is 0 Å². The van der Waals surface area contributed by atoms with E-state index in [0.717, 1.165) is 0 Å². The molecule has 2 amide bonds. The molecule has 8 heteroatoms. The lowest BCUT2D eigenvalue weighted by atomic mass is 10.1. The Morgan fingerprint density at radius 1 is 0.926 bits per heavy atom. The second kappa shape index (κ2) is 8.91. The SMILES string of the molecule is CC(C)C(=O)Nc1cccc(C(=O)NC(=S)Nc2ccc(C(=O)O)cc2)c1. The first kappa shape index (κ1) is 20.1. The minimum absolute atomic E-state index is 0.0692. The van der Waals surface area contributed by atoms with Gasteiger partial charge in [0.05, 0.1) is 5.56 Å². The number of carbonyl (C=O) groups is 3. The first-order valence-corrected chi connectivity index (χ1v) is 8.53. The molecule has 2 aromatic carbocycles. The van der Waals surface area contributed by atoms with Gasteiger partial charge in [0, 0.05) is 22.9 Å². The average Bonchev–Trinajstić information content (AvgIpc) is 2.62. The van der Waals surface area contributed by atoms with Gasteiger partial charge in [0.15, 0.2) is 5.11 Å². The van der Waals surface area contributed by atoms with Crippen LogP contribution in [0.1, 0.15) is 34.6 Å². The lowest BCUT2D eigenvalue weighted by molar-refractivity contribution is -0.118. The fourth-order valence-corrected chi connectivity index (χ4v) is 2.27. The molecule has 0 unspecified atom stereocenters. The van der Waals surface area contributed by atoms with Gasteiger partial charge in [-0.25, -0.2) is 4.79 Å². The van der Waals surface area contributed by atoms with Crippen LogP contribution in [0.25, 0.3) is 0 Å². The Labute approximate surface area is 161 Å². The topological polar surface area (TPSA) is 108 Å². The lowest BCUT2D eigenvalue weighted by Gasteiger charge is -2.11. The third-order valence-corrected chi connectivity index (χ3v) is 3.74. The molecule has 0 saturated carbocycles. The number of hydrogen-bond donors (Lipinski definition) is 4. The van der Waals surface area contributed by atoms with Crippen molar-refractivity contribution in [2.45, 2.75) is 13.8 Å². The fraction of sp³-hybridized carbons (Fsp3) is 0.158. The van der Waals surface area contributed by atoms with Crippen LogP contribution in [0, 0.1) is 5.92 Å². The number of benzene rings is 2. The largest absolute Gasteiger partial charge is 0.478 e. The van der Waals surface area contributed by atoms with Crippen molar-refractivity contribution >= 4 is 46.5 Å². The van der Waals surface area contributed by atoms with E-state index in [0.29, 0.717) is 16.9 Å². The van der Waals surface area contributed by atoms with E-state index in [9.17, 15) is 14.4 Å². The van der Waals surface area contributed by atoms with Crippen LogP contribution < -0.4 is 16.0 Å². The van der Waals surface area contributed by atoms with Gasteiger partial charge < -0.3 is 15.7 Å². The molecule has 0 saturated heterocycles. The molecular weight excluding hydrogens is 366 g/mol. The highest BCUT2D eigenvalue weighted by molar-refractivity contribution is 7.80. The lowest BCUT2D eigenvalue weighted by Crippen LogP contribution is -2.34. The molecule has 7 nitrogen and oxygen atoms in total. The van der Waals surface area contributed by atoms with Crippen LogP contribution >= 0.6 is 12.2 Å². The van der Waals surface area contributed by atoms with E-state index >= 15 is 0 Å². The zero-order chi connectivity index (χ0) is 20.0. The summed E-state index contributed by atoms with van der Waals surface area (Å²) in [5.74, 6) is -1.78. The first-order chi connectivity index (χ1) is 12.8. The highest BCUT2D eigenvalue weighted by Gasteiger charge is 2.11. The van der Waals surface area contributed by atoms with Gasteiger partial charge in [-0.1, -0.05) is 19.9 Å². The molecular formula is C19H19N3O4S. The molecule has 0 aromatic heterocycles. The number of amides is 2. The summed E-state index contributed by atoms with van der Waals surface area (Å²) in [4.78, 5) is 34.9. The molecule has 0 aliphatic carbocycles. The monoisotopic (exact) mass is 385 g/mol. The molecule has 4 N–H and O–H groups in total. The minimum Gasteiger partial charge on any atom is -0.478 e. The van der Waals surface area contributed by atoms with Crippen molar-refractivity contribution in [1.82, 2.24) is 5.32 Å². The van der Waals surface area contributed by atoms with E-state index in [-0.39, 0.29) is 22.5 Å². The zero-order valence-electron chi connectivity index (χ0n) is 14.8. The van der Waals surface area contributed by atoms with Crippen molar-refractivity contribution in [3.05, 3.63) is 59.7 Å². The van der Waals surface area contributed by atoms with Crippen LogP contribution in [0.4, 0.5) is 11.4 Å². The van der Waals surface area contributed by atoms with E-state index in [1.165, 1.54) is 12.1 Å². The maximum absolute atomic E-state index is 12.3. The highest BCUT2D eigenvalue weighted by atomic mass is 32.1. The predicted molar refractivity (Wildman–Crippen MR) is 107 cm³/mol. The summed E-state index contributed by atoms with van der Waals surface area (Å²) in [6, 6.07) is 12.5. The molecule has 0 aliphatic heterocycles. The number of hydrogen-bond acceptors (Lipinski definition) is 4. The van der Waals surface area contributed by atoms with Crippen LogP contribution in [-0.2, 0) is 4.79 Å². The van der Waals surface area contributed by atoms with Crippen LogP contribution in [0.5, 0.6) is 0 Å². The predicted octanol–water partition coefficient (Wildman–Crippen LogP) is 3.11. The van der Waals surface area contributed by atoms with Gasteiger partial charge in [-0.15, -0.1) is 0 Å². The van der Waals surface area contributed by atoms with Crippen LogP contribution in [-0.4, -0.2) is 28.0 Å². The molecule has 0 radical (unpaired) electrons. The summed E-state index contributed by atoms with van der Waals surface area (Å²) < 4.78 is 0. The van der Waals surface area contributed by atoms with Crippen molar-refractivity contribution in [3.63, 3.8) is 0 Å². The van der Waals surface area contributed by atoms with Gasteiger partial charge >= 0.3 is 5.97 Å². The quantitative estimate of drug-likeness (QED) is 0.589. The highest BCUT2D eigenvalue weighted by Crippen LogP contribution is 2.13. The molecule has 140 valence electrons. The van der Waals surface area contributed by atoms with E-state index in [4.69, 9.17) is 17.3 Å². The molecule has 0 aliphatic rings. The number of anilines is 2. The Bertz CT molecular complexity index is 879. The number of carbonyl (C=O) groups excluding carboxylic acids is 2. The van der Waals surface area contributed by atoms with Crippen molar-refractivity contribution < 1.29 is 19.5 Å². The Kier molecular flexibility index (Phi) is 6.62. The molecule has 2 rings (SSSR count). The second-order valence-corrected chi connectivity index (χ2v) is 6.42. The smallest absolute Gasteiger partial charge is 0.335 e. The third kappa shape index (κ3) is 5.89. The fourth-order valence-electron chi connectivity index (χ4n) is 2.06. The van der Waals surface area contributed by atoms with E-state index < -0.39 is 11.9 Å². The summed E-state index contributed by atoms with van der Waals surface area (Å²) in [7, 11) is 0. The van der Waals surface area contributed by atoms with Gasteiger partial charge in [-0.2, -0.15) is 0 Å². The summed E-state index contributed by atoms with van der Waals surface area (Å²) in [5, 5.41) is 17.0. The number of carboxylic acids is 1. The minimum atomic E-state index is -1.03. The Hall–Kier alpha value is -3.26. The summed E-state index contributed by atoms with van der Waals surface area (Å²) in [6.07, 6.45) is 0. The molecule has 0 heterocycles. The van der Waals surface area contributed by atoms with Gasteiger partial charge in [-0.3, -0.25) is 14.9 Å². The summed E-state index contributed by atoms with van der Waals surface area (Å²) in [5.41, 5.74) is 1.55. The van der Waals surface area contributed by atoms with Gasteiger partial charge in [-0.05, 0) is 54.7 Å². The van der Waals surface area contributed by atoms with Crippen molar-refractivity contribution in [1.29, 1.82) is 0 Å².